The molecule has 0 aliphatic heterocycles. The Morgan fingerprint density at radius 1 is 0.724 bits per heavy atom. The number of hydrogen-bond acceptors (Lipinski definition) is 2. The third kappa shape index (κ3) is 11.2. The fourth-order valence-electron chi connectivity index (χ4n) is 4.45. The average Bonchev–Trinajstić information content (AvgIpc) is 2.76. The monoisotopic (exact) mass is 512 g/mol. The summed E-state index contributed by atoms with van der Waals surface area (Å²) in [5.41, 5.74) is 1.23. The van der Waals surface area contributed by atoms with Gasteiger partial charge in [0, 0.05) is 0 Å². The summed E-state index contributed by atoms with van der Waals surface area (Å²) >= 11 is -2.39. The SMILES string of the molecule is CCCCC[CH](OCOCc1ccccc1)[Sn]([CH2]CCC)([CH2]CCC)[CH2]CCC. The Hall–Kier alpha value is -0.0613. The van der Waals surface area contributed by atoms with E-state index in [0.29, 0.717) is 17.5 Å². The molecule has 168 valence electrons. The molecule has 0 spiro atoms. The first kappa shape index (κ1) is 27.0. The minimum atomic E-state index is -2.39. The van der Waals surface area contributed by atoms with Crippen molar-refractivity contribution in [2.24, 2.45) is 0 Å². The van der Waals surface area contributed by atoms with Crippen LogP contribution in [0.4, 0.5) is 0 Å². The van der Waals surface area contributed by atoms with E-state index in [0.717, 1.165) is 0 Å². The van der Waals surface area contributed by atoms with Crippen molar-refractivity contribution in [1.82, 2.24) is 0 Å². The molecule has 0 amide bonds. The van der Waals surface area contributed by atoms with Crippen molar-refractivity contribution in [1.29, 1.82) is 0 Å². The van der Waals surface area contributed by atoms with Crippen molar-refractivity contribution in [3.63, 3.8) is 0 Å². The molecule has 0 heterocycles. The summed E-state index contributed by atoms with van der Waals surface area (Å²) in [5, 5.41) is 0. The summed E-state index contributed by atoms with van der Waals surface area (Å²) in [6, 6.07) is 10.5. The first-order valence-electron chi connectivity index (χ1n) is 12.5. The predicted octanol–water partition coefficient (Wildman–Crippen LogP) is 8.51. The van der Waals surface area contributed by atoms with Crippen LogP contribution in [0.25, 0.3) is 0 Å². The van der Waals surface area contributed by atoms with E-state index in [1.165, 1.54) is 83.1 Å². The molecule has 1 atom stereocenters. The molecule has 29 heavy (non-hydrogen) atoms. The zero-order valence-electron chi connectivity index (χ0n) is 19.9. The molecule has 3 heteroatoms. The fourth-order valence-corrected chi connectivity index (χ4v) is 21.9. The van der Waals surface area contributed by atoms with Crippen LogP contribution in [0.2, 0.25) is 13.3 Å². The van der Waals surface area contributed by atoms with Gasteiger partial charge in [-0.1, -0.05) is 0 Å². The van der Waals surface area contributed by atoms with Crippen molar-refractivity contribution >= 4 is 18.4 Å². The quantitative estimate of drug-likeness (QED) is 0.105. The molecule has 1 aromatic carbocycles. The van der Waals surface area contributed by atoms with E-state index in [1.807, 2.05) is 0 Å². The van der Waals surface area contributed by atoms with Crippen LogP contribution in [0.3, 0.4) is 0 Å². The first-order valence-corrected chi connectivity index (χ1v) is 20.2. The normalized spacial score (nSPS) is 13.0. The van der Waals surface area contributed by atoms with Gasteiger partial charge in [0.2, 0.25) is 0 Å². The molecule has 1 rings (SSSR count). The number of rotatable bonds is 19. The van der Waals surface area contributed by atoms with Crippen molar-refractivity contribution in [2.75, 3.05) is 6.79 Å². The van der Waals surface area contributed by atoms with Crippen molar-refractivity contribution in [3.8, 4) is 0 Å². The molecule has 0 bridgehead atoms. The van der Waals surface area contributed by atoms with E-state index in [1.54, 1.807) is 0 Å². The Bertz CT molecular complexity index is 455. The van der Waals surface area contributed by atoms with Crippen LogP contribution < -0.4 is 0 Å². The first-order chi connectivity index (χ1) is 14.2. The van der Waals surface area contributed by atoms with Crippen molar-refractivity contribution < 1.29 is 9.47 Å². The third-order valence-corrected chi connectivity index (χ3v) is 23.1. The van der Waals surface area contributed by atoms with Crippen LogP contribution in [0.15, 0.2) is 30.3 Å². The van der Waals surface area contributed by atoms with E-state index in [-0.39, 0.29) is 0 Å². The molecule has 0 fully saturated rings. The molecule has 2 nitrogen and oxygen atoms in total. The third-order valence-electron chi connectivity index (χ3n) is 6.30. The van der Waals surface area contributed by atoms with Crippen LogP contribution >= 0.6 is 0 Å². The molecular weight excluding hydrogens is 463 g/mol. The molecule has 0 aliphatic rings. The second-order valence-electron chi connectivity index (χ2n) is 8.78. The molecule has 1 unspecified atom stereocenters. The van der Waals surface area contributed by atoms with Gasteiger partial charge in [0.1, 0.15) is 0 Å². The molecule has 0 saturated carbocycles. The Morgan fingerprint density at radius 3 is 1.79 bits per heavy atom. The second-order valence-corrected chi connectivity index (χ2v) is 22.7. The van der Waals surface area contributed by atoms with Crippen LogP contribution in [-0.2, 0) is 16.1 Å². The van der Waals surface area contributed by atoms with Gasteiger partial charge in [-0.2, -0.15) is 0 Å². The van der Waals surface area contributed by atoms with E-state index in [4.69, 9.17) is 9.47 Å². The summed E-state index contributed by atoms with van der Waals surface area (Å²) in [4.78, 5) is 0. The number of hydrogen-bond donors (Lipinski definition) is 0. The Balaban J connectivity index is 2.82. The van der Waals surface area contributed by atoms with Crippen LogP contribution in [0, 0.1) is 0 Å². The van der Waals surface area contributed by atoms with Gasteiger partial charge in [-0.15, -0.1) is 0 Å². The van der Waals surface area contributed by atoms with Gasteiger partial charge in [0.25, 0.3) is 0 Å². The number of benzene rings is 1. The van der Waals surface area contributed by atoms with Crippen LogP contribution in [0.5, 0.6) is 0 Å². The van der Waals surface area contributed by atoms with Crippen LogP contribution in [-0.4, -0.2) is 29.3 Å². The summed E-state index contributed by atoms with van der Waals surface area (Å²) in [6.45, 7) is 10.5. The van der Waals surface area contributed by atoms with E-state index in [9.17, 15) is 0 Å². The van der Waals surface area contributed by atoms with Gasteiger partial charge in [0.05, 0.1) is 0 Å². The molecule has 0 radical (unpaired) electrons. The Morgan fingerprint density at radius 2 is 1.28 bits per heavy atom. The average molecular weight is 511 g/mol. The number of unbranched alkanes of at least 4 members (excludes halogenated alkanes) is 5. The number of ether oxygens (including phenoxy) is 2. The standard InChI is InChI=1S/C14H21O2.3C4H9.Sn/c1-2-3-4-8-11-15-13-16-12-14-9-6-5-7-10-14;3*1-3-4-2;/h5-7,9-11H,2-4,8,12-13H2,1H3;3*1,3-4H2,2H3;. The predicted molar refractivity (Wildman–Crippen MR) is 130 cm³/mol. The van der Waals surface area contributed by atoms with E-state index >= 15 is 0 Å². The molecule has 0 aromatic heterocycles. The van der Waals surface area contributed by atoms with Crippen molar-refractivity contribution in [3.05, 3.63) is 35.9 Å². The Labute approximate surface area is 186 Å². The maximum atomic E-state index is 6.64. The van der Waals surface area contributed by atoms with Gasteiger partial charge in [0.15, 0.2) is 0 Å². The molecule has 0 saturated heterocycles. The van der Waals surface area contributed by atoms with Gasteiger partial charge in [-0.3, -0.25) is 0 Å². The summed E-state index contributed by atoms with van der Waals surface area (Å²) in [6.07, 6.45) is 13.4. The molecule has 0 aliphatic carbocycles. The van der Waals surface area contributed by atoms with Gasteiger partial charge >= 0.3 is 186 Å². The Kier molecular flexibility index (Phi) is 16.4. The van der Waals surface area contributed by atoms with Crippen molar-refractivity contribution in [2.45, 2.75) is 116 Å². The molecule has 1 aromatic rings. The zero-order chi connectivity index (χ0) is 21.2. The fraction of sp³-hybridized carbons (Fsp3) is 0.769. The molecular formula is C26H48O2Sn. The zero-order valence-corrected chi connectivity index (χ0v) is 22.7. The summed E-state index contributed by atoms with van der Waals surface area (Å²) in [5.74, 6) is 0. The van der Waals surface area contributed by atoms with E-state index in [2.05, 4.69) is 58.0 Å². The van der Waals surface area contributed by atoms with Gasteiger partial charge < -0.3 is 0 Å². The summed E-state index contributed by atoms with van der Waals surface area (Å²) < 4.78 is 17.7. The van der Waals surface area contributed by atoms with Gasteiger partial charge in [-0.25, -0.2) is 0 Å². The molecule has 0 N–H and O–H groups in total. The maximum absolute atomic E-state index is 6.64. The van der Waals surface area contributed by atoms with E-state index < -0.39 is 18.4 Å². The summed E-state index contributed by atoms with van der Waals surface area (Å²) in [7, 11) is 0. The topological polar surface area (TPSA) is 18.5 Å². The second kappa shape index (κ2) is 17.6. The minimum absolute atomic E-state index is 0.467. The van der Waals surface area contributed by atoms with Crippen LogP contribution in [0.1, 0.15) is 97.5 Å². The van der Waals surface area contributed by atoms with Gasteiger partial charge in [-0.05, 0) is 0 Å².